The van der Waals surface area contributed by atoms with Gasteiger partial charge in [0.2, 0.25) is 88.6 Å². The van der Waals surface area contributed by atoms with E-state index in [4.69, 9.17) is 49.6 Å². The van der Waals surface area contributed by atoms with Crippen LogP contribution < -0.4 is 124 Å². The number of aliphatic carboxylic acids is 2. The van der Waals surface area contributed by atoms with E-state index in [9.17, 15) is 109 Å². The lowest BCUT2D eigenvalue weighted by atomic mass is 9.97. The van der Waals surface area contributed by atoms with Gasteiger partial charge in [-0.15, -0.1) is 3.89 Å². The first kappa shape index (κ1) is 109. The summed E-state index contributed by atoms with van der Waals surface area (Å²) in [5.41, 5.74) is 27.7. The minimum Gasteiger partial charge on any atom is -0.496 e. The first-order valence-electron chi connectivity index (χ1n) is 40.6. The molecule has 0 bridgehead atoms. The van der Waals surface area contributed by atoms with Crippen LogP contribution in [0.2, 0.25) is 0 Å². The Balaban J connectivity index is 2.53. The maximum Gasteiger partial charge on any atom is 0.332 e. The number of hydrogen-bond donors (Lipinski definition) is 27. The number of rotatable bonds is 59. The largest absolute Gasteiger partial charge is 0.496 e. The van der Waals surface area contributed by atoms with Gasteiger partial charge in [0.05, 0.1) is 30.5 Å². The Hall–Kier alpha value is -13.6. The summed E-state index contributed by atoms with van der Waals surface area (Å²) in [5.74, 6) is -23.5. The highest BCUT2D eigenvalue weighted by atomic mass is 32.3. The molecule has 16 amide bonds. The van der Waals surface area contributed by atoms with E-state index in [1.165, 1.54) is 13.8 Å². The topological polar surface area (TPSA) is 797 Å². The molecule has 2 rings (SSSR count). The van der Waals surface area contributed by atoms with Gasteiger partial charge in [-0.05, 0) is 106 Å². The number of nitrogens with two attached hydrogens (primary N) is 5. The van der Waals surface area contributed by atoms with Gasteiger partial charge < -0.3 is 134 Å². The van der Waals surface area contributed by atoms with Crippen LogP contribution in [0, 0.1) is 34.0 Å². The predicted molar refractivity (Wildman–Crippen MR) is 454 cm³/mol. The molecule has 50 heteroatoms. The number of carbonyl (C=O) groups excluding carboxylic acids is 16. The van der Waals surface area contributed by atoms with Crippen molar-refractivity contribution in [3.63, 3.8) is 0 Å². The van der Waals surface area contributed by atoms with Crippen LogP contribution in [0.15, 0.2) is 53.4 Å². The van der Waals surface area contributed by atoms with Crippen LogP contribution >= 0.6 is 0 Å². The van der Waals surface area contributed by atoms with Crippen LogP contribution in [0.5, 0.6) is 5.75 Å². The van der Waals surface area contributed by atoms with Crippen molar-refractivity contribution in [1.29, 1.82) is 16.2 Å². The normalized spacial score (nSPS) is 14.3. The third-order valence-corrected chi connectivity index (χ3v) is 20.2. The van der Waals surface area contributed by atoms with Crippen LogP contribution in [-0.2, 0) is 98.2 Å². The zero-order valence-electron chi connectivity index (χ0n) is 72.1. The van der Waals surface area contributed by atoms with E-state index in [1.807, 2.05) is 0 Å². The minimum absolute atomic E-state index is 0.0177. The molecule has 2 aromatic rings. The van der Waals surface area contributed by atoms with Crippen molar-refractivity contribution < 1.29 is 114 Å². The van der Waals surface area contributed by atoms with Crippen LogP contribution in [0.4, 0.5) is 3.89 Å². The highest BCUT2D eigenvalue weighted by Crippen LogP contribution is 2.24. The number of carbonyl (C=O) groups is 18. The van der Waals surface area contributed by atoms with E-state index >= 15 is 0 Å². The van der Waals surface area contributed by atoms with Crippen molar-refractivity contribution in [3.05, 3.63) is 59.7 Å². The Bertz CT molecular complexity index is 4340. The molecule has 0 radical (unpaired) electrons. The maximum atomic E-state index is 14.8. The summed E-state index contributed by atoms with van der Waals surface area (Å²) in [6.07, 6.45) is -4.42. The van der Waals surface area contributed by atoms with E-state index in [0.29, 0.717) is 11.6 Å². The van der Waals surface area contributed by atoms with Gasteiger partial charge >= 0.3 is 22.2 Å². The summed E-state index contributed by atoms with van der Waals surface area (Å²) in [5, 5.41) is 84.0. The van der Waals surface area contributed by atoms with Gasteiger partial charge in [0.1, 0.15) is 78.3 Å². The molecule has 0 saturated carbocycles. The second-order valence-electron chi connectivity index (χ2n) is 30.2. The number of hydrogen-bond acceptors (Lipinski definition) is 24. The molecule has 0 aliphatic heterocycles. The first-order chi connectivity index (χ1) is 59.5. The summed E-state index contributed by atoms with van der Waals surface area (Å²) in [6.45, 7) is 9.98. The molecule has 127 heavy (non-hydrogen) atoms. The number of guanidine groups is 3. The summed E-state index contributed by atoms with van der Waals surface area (Å²) in [6, 6.07) is -8.64. The Morgan fingerprint density at radius 2 is 0.874 bits per heavy atom. The van der Waals surface area contributed by atoms with Crippen LogP contribution in [0.25, 0.3) is 0 Å². The number of ether oxygens (including phenoxy) is 1. The van der Waals surface area contributed by atoms with Gasteiger partial charge in [-0.25, -0.2) is 0 Å². The maximum absolute atomic E-state index is 14.8. The van der Waals surface area contributed by atoms with E-state index in [2.05, 4.69) is 90.4 Å². The number of halogens is 1. The van der Waals surface area contributed by atoms with Gasteiger partial charge in [0, 0.05) is 52.4 Å². The molecule has 0 unspecified atom stereocenters. The average molecular weight is 1820 g/mol. The monoisotopic (exact) mass is 1820 g/mol. The Morgan fingerprint density at radius 3 is 1.29 bits per heavy atom. The fourth-order valence-electron chi connectivity index (χ4n) is 12.1. The standard InChI is InChI=1S/C77H122FN25O23S/c1-10-39(5)60(73(122)91-37-57(106)94-53(35-59(109)110)71(120)98-47(21-16-30-88-76(83)84)66(115)100-51(62(80)111)33-43-18-13-12-14-19-43)102-69(118)48(22-17-31-89-77(85)86)96-65(114)46(20-15-29-87-75(81)82)97-70(119)52(32-38(3)4)101-68(117)49(24-27-56(79)105)99-67(116)50(25-28-58(107)108)95-63(112)41(7)92-74(123)61(40(6)11-2)103-72(121)54(93-42(8)104)36-90-64(113)45-34-44(127(78,124)125)23-26-55(45)126-9/h12-14,18-19,23,26,34,38-41,46-54,60-61H,10-11,15-17,20-22,24-25,27-33,35-37H2,1-9H3,(H2,79,105)(H2,80,111)(H,90,113)(H,91,122)(H,92,123)(H,93,104)(H,94,106)(H,95,112)(H,96,114)(H,97,119)(H,98,120)(H,99,116)(H,100,115)(H,101,117)(H,102,118)(H,103,121)(H,107,108)(H,109,110)(H4,81,82,87)(H4,83,84,88)(H4,85,86,89)/t39-,40-,41-,46-,47-,48-,49-,50-,51-,52-,53-,54-,60-,61-/m0/s1. The second kappa shape index (κ2) is 55.6. The van der Waals surface area contributed by atoms with E-state index < -0.39 is 280 Å². The van der Waals surface area contributed by atoms with E-state index in [-0.39, 0.29) is 89.6 Å². The summed E-state index contributed by atoms with van der Waals surface area (Å²) in [4.78, 5) is 244. The number of nitrogens with one attached hydrogen (secondary N) is 20. The van der Waals surface area contributed by atoms with Gasteiger partial charge in [-0.3, -0.25) is 103 Å². The van der Waals surface area contributed by atoms with Crippen LogP contribution in [0.3, 0.4) is 0 Å². The SMILES string of the molecule is CC[C@H](C)[C@H](NC(=O)[C@H](CCCNC(=N)N)NC(=O)[C@H](CCCNC(=N)N)NC(=O)[C@H](CC(C)C)NC(=O)[C@H](CCC(N)=O)NC(=O)[C@H](CCC(=O)O)NC(=O)[C@H](C)NC(=O)[C@@H](NC(=O)[C@H](CNC(=O)c1cc(S(=O)(=O)F)ccc1OC)NC(C)=O)[C@@H](C)CC)C(=O)NCC(=O)N[C@@H](CC(=O)O)C(=O)N[C@@H](CCCNC(=N)N)C(=O)N[C@@H](Cc1ccccc1)C(N)=O. The third-order valence-electron chi connectivity index (χ3n) is 19.4. The average Bonchev–Trinajstić information content (AvgIpc) is 0.810. The number of methoxy groups -OCH3 is 1. The molecule has 48 nitrogen and oxygen atoms in total. The lowest BCUT2D eigenvalue weighted by Gasteiger charge is -2.29. The minimum atomic E-state index is -5.31. The van der Waals surface area contributed by atoms with Crippen molar-refractivity contribution in [3.8, 4) is 5.75 Å². The number of carboxylic acids is 2. The van der Waals surface area contributed by atoms with Crippen molar-refractivity contribution in [1.82, 2.24) is 90.4 Å². The molecule has 0 aliphatic rings. The van der Waals surface area contributed by atoms with Crippen molar-refractivity contribution in [2.24, 2.45) is 46.4 Å². The second-order valence-corrected chi connectivity index (χ2v) is 31.6. The zero-order chi connectivity index (χ0) is 96.1. The van der Waals surface area contributed by atoms with Crippen LogP contribution in [-0.4, -0.2) is 255 Å². The van der Waals surface area contributed by atoms with Gasteiger partial charge in [-0.2, -0.15) is 8.42 Å². The summed E-state index contributed by atoms with van der Waals surface area (Å²) < 4.78 is 42.3. The fourth-order valence-corrected chi connectivity index (χ4v) is 12.6. The summed E-state index contributed by atoms with van der Waals surface area (Å²) in [7, 11) is -4.18. The molecule has 2 aromatic carbocycles. The molecular formula is C77H122FN25O23S. The fraction of sp³-hybridized carbons (Fsp3) is 0.571. The van der Waals surface area contributed by atoms with Gasteiger partial charge in [0.25, 0.3) is 5.91 Å². The van der Waals surface area contributed by atoms with Gasteiger partial charge in [-0.1, -0.05) is 84.7 Å². The molecule has 706 valence electrons. The number of benzene rings is 2. The molecule has 0 fully saturated rings. The first-order valence-corrected chi connectivity index (χ1v) is 42.0. The van der Waals surface area contributed by atoms with Gasteiger partial charge in [0.15, 0.2) is 17.9 Å². The lowest BCUT2D eigenvalue weighted by molar-refractivity contribution is -0.141. The predicted octanol–water partition coefficient (Wildman–Crippen LogP) is -6.68. The molecule has 14 atom stereocenters. The molecule has 0 saturated heterocycles. The highest BCUT2D eigenvalue weighted by molar-refractivity contribution is 7.86. The van der Waals surface area contributed by atoms with E-state index in [1.54, 1.807) is 58.0 Å². The zero-order valence-corrected chi connectivity index (χ0v) is 72.9. The Morgan fingerprint density at radius 1 is 0.457 bits per heavy atom. The highest BCUT2D eigenvalue weighted by Gasteiger charge is 2.39. The lowest BCUT2D eigenvalue weighted by Crippen LogP contribution is -2.61. The molecular weight excluding hydrogens is 1690 g/mol. The molecule has 0 spiro atoms. The Labute approximate surface area is 732 Å². The quantitative estimate of drug-likeness (QED) is 0.0127. The third kappa shape index (κ3) is 42.1. The molecule has 0 aromatic heterocycles. The number of amides is 16. The van der Waals surface area contributed by atoms with Crippen molar-refractivity contribution in [2.75, 3.05) is 39.8 Å². The Kier molecular flexibility index (Phi) is 47.9. The molecule has 0 heterocycles. The number of primary amides is 2. The van der Waals surface area contributed by atoms with Crippen molar-refractivity contribution in [2.45, 2.75) is 229 Å². The van der Waals surface area contributed by atoms with E-state index in [0.717, 1.165) is 33.1 Å². The molecule has 0 aliphatic carbocycles. The van der Waals surface area contributed by atoms with Crippen molar-refractivity contribution >= 4 is 135 Å². The summed E-state index contributed by atoms with van der Waals surface area (Å²) >= 11 is 0. The number of carboxylic acid groups (broad SMARTS) is 2. The smallest absolute Gasteiger partial charge is 0.332 e. The molecule has 32 N–H and O–H groups in total. The van der Waals surface area contributed by atoms with Crippen LogP contribution in [0.1, 0.15) is 161 Å².